The molecule has 0 N–H and O–H groups in total. The molecule has 0 amide bonds. The lowest BCUT2D eigenvalue weighted by Gasteiger charge is -2.05. The van der Waals surface area contributed by atoms with E-state index in [1.807, 2.05) is 6.08 Å². The van der Waals surface area contributed by atoms with Gasteiger partial charge in [-0.1, -0.05) is 96.1 Å². The zero-order valence-electron chi connectivity index (χ0n) is 20.7. The monoisotopic (exact) mass is 472 g/mol. The summed E-state index contributed by atoms with van der Waals surface area (Å²) in [6.45, 7) is 3.05. The van der Waals surface area contributed by atoms with E-state index in [1.165, 1.54) is 77.0 Å². The topological polar surface area (TPSA) is 52.6 Å². The summed E-state index contributed by atoms with van der Waals surface area (Å²) in [5, 5.41) is 0. The molecule has 188 valence electrons. The predicted molar refractivity (Wildman–Crippen MR) is 135 cm³/mol. The molecular formula is C27H49ClO4. The van der Waals surface area contributed by atoms with Crippen LogP contribution in [0.15, 0.2) is 12.2 Å². The molecule has 0 unspecified atom stereocenters. The molecule has 0 aliphatic carbocycles. The second-order valence-electron chi connectivity index (χ2n) is 8.66. The molecule has 5 heteroatoms. The van der Waals surface area contributed by atoms with Crippen molar-refractivity contribution in [1.29, 1.82) is 0 Å². The van der Waals surface area contributed by atoms with Gasteiger partial charge in [-0.15, -0.1) is 11.6 Å². The molecule has 0 aromatic carbocycles. The van der Waals surface area contributed by atoms with Gasteiger partial charge in [-0.05, 0) is 32.1 Å². The molecule has 32 heavy (non-hydrogen) atoms. The van der Waals surface area contributed by atoms with Crippen LogP contribution in [0.4, 0.5) is 0 Å². The van der Waals surface area contributed by atoms with E-state index < -0.39 is 0 Å². The third-order valence-corrected chi connectivity index (χ3v) is 5.80. The Bertz CT molecular complexity index is 451. The van der Waals surface area contributed by atoms with Crippen LogP contribution in [0.25, 0.3) is 0 Å². The van der Waals surface area contributed by atoms with Crippen LogP contribution in [-0.2, 0) is 19.1 Å². The Morgan fingerprint density at radius 2 is 1.16 bits per heavy atom. The Hall–Kier alpha value is -1.03. The van der Waals surface area contributed by atoms with E-state index in [4.69, 9.17) is 21.1 Å². The summed E-state index contributed by atoms with van der Waals surface area (Å²) in [4.78, 5) is 23.4. The van der Waals surface area contributed by atoms with Gasteiger partial charge < -0.3 is 9.47 Å². The first kappa shape index (κ1) is 31.0. The first-order valence-electron chi connectivity index (χ1n) is 13.2. The van der Waals surface area contributed by atoms with Crippen molar-refractivity contribution in [3.05, 3.63) is 12.2 Å². The minimum atomic E-state index is -0.246. The van der Waals surface area contributed by atoms with Crippen LogP contribution in [0.5, 0.6) is 0 Å². The number of unbranched alkanes of at least 4 members (excludes halogenated alkanes) is 14. The molecule has 0 aliphatic heterocycles. The molecule has 0 atom stereocenters. The highest BCUT2D eigenvalue weighted by Gasteiger charge is 2.06. The lowest BCUT2D eigenvalue weighted by molar-refractivity contribution is -0.145. The average molecular weight is 473 g/mol. The fourth-order valence-electron chi connectivity index (χ4n) is 3.51. The van der Waals surface area contributed by atoms with Crippen molar-refractivity contribution in [2.24, 2.45) is 0 Å². The summed E-state index contributed by atoms with van der Waals surface area (Å²) < 4.78 is 10.4. The SMILES string of the molecule is CCCCCCCCC/C=C/COC(=O)CCCC(=O)OCCCCCCCCCCCl. The number of rotatable bonds is 24. The van der Waals surface area contributed by atoms with E-state index >= 15 is 0 Å². The third kappa shape index (κ3) is 25.2. The van der Waals surface area contributed by atoms with Gasteiger partial charge in [0.25, 0.3) is 0 Å². The van der Waals surface area contributed by atoms with E-state index in [-0.39, 0.29) is 24.8 Å². The summed E-state index contributed by atoms with van der Waals surface area (Å²) >= 11 is 5.66. The van der Waals surface area contributed by atoms with Crippen molar-refractivity contribution < 1.29 is 19.1 Å². The largest absolute Gasteiger partial charge is 0.466 e. The molecule has 0 saturated carbocycles. The summed E-state index contributed by atoms with van der Waals surface area (Å²) in [5.41, 5.74) is 0. The third-order valence-electron chi connectivity index (χ3n) is 5.53. The Balaban J connectivity index is 3.37. The van der Waals surface area contributed by atoms with E-state index in [0.29, 0.717) is 19.6 Å². The van der Waals surface area contributed by atoms with Crippen LogP contribution in [-0.4, -0.2) is 31.0 Å². The molecule has 0 heterocycles. The number of alkyl halides is 1. The second kappa shape index (κ2) is 26.2. The van der Waals surface area contributed by atoms with Gasteiger partial charge in [0, 0.05) is 18.7 Å². The lowest BCUT2D eigenvalue weighted by atomic mass is 10.1. The highest BCUT2D eigenvalue weighted by molar-refractivity contribution is 6.17. The number of ether oxygens (including phenoxy) is 2. The molecule has 0 fully saturated rings. The summed E-state index contributed by atoms with van der Waals surface area (Å²) in [6.07, 6.45) is 24.6. The summed E-state index contributed by atoms with van der Waals surface area (Å²) in [7, 11) is 0. The zero-order valence-corrected chi connectivity index (χ0v) is 21.5. The van der Waals surface area contributed by atoms with Crippen LogP contribution in [0.1, 0.15) is 129 Å². The predicted octanol–water partition coefficient (Wildman–Crippen LogP) is 8.30. The summed E-state index contributed by atoms with van der Waals surface area (Å²) in [5.74, 6) is 0.307. The average Bonchev–Trinajstić information content (AvgIpc) is 2.78. The molecule has 0 aromatic rings. The molecule has 0 spiro atoms. The van der Waals surface area contributed by atoms with Crippen LogP contribution in [0.2, 0.25) is 0 Å². The maximum Gasteiger partial charge on any atom is 0.306 e. The van der Waals surface area contributed by atoms with E-state index in [0.717, 1.165) is 31.6 Å². The van der Waals surface area contributed by atoms with E-state index in [2.05, 4.69) is 13.0 Å². The number of carbonyl (C=O) groups is 2. The molecule has 0 radical (unpaired) electrons. The number of carbonyl (C=O) groups excluding carboxylic acids is 2. The van der Waals surface area contributed by atoms with Crippen LogP contribution >= 0.6 is 11.6 Å². The molecule has 0 saturated heterocycles. The Morgan fingerprint density at radius 3 is 1.78 bits per heavy atom. The standard InChI is InChI=1S/C27H49ClO4/c1-2-3-4-5-6-7-9-12-15-18-24-31-26(29)21-20-22-27(30)32-25-19-16-13-10-8-11-14-17-23-28/h15,18H,2-14,16-17,19-25H2,1H3/b18-15+. The Kier molecular flexibility index (Phi) is 25.4. The first-order chi connectivity index (χ1) is 15.7. The van der Waals surface area contributed by atoms with Gasteiger partial charge >= 0.3 is 11.9 Å². The molecule has 0 aliphatic rings. The molecule has 4 nitrogen and oxygen atoms in total. The highest BCUT2D eigenvalue weighted by atomic mass is 35.5. The van der Waals surface area contributed by atoms with Gasteiger partial charge in [-0.2, -0.15) is 0 Å². The minimum Gasteiger partial charge on any atom is -0.466 e. The zero-order chi connectivity index (χ0) is 23.5. The lowest BCUT2D eigenvalue weighted by Crippen LogP contribution is -2.08. The maximum atomic E-state index is 11.7. The van der Waals surface area contributed by atoms with Crippen LogP contribution in [0.3, 0.4) is 0 Å². The maximum absolute atomic E-state index is 11.7. The Morgan fingerprint density at radius 1 is 0.625 bits per heavy atom. The van der Waals surface area contributed by atoms with Crippen LogP contribution in [0, 0.1) is 0 Å². The molecular weight excluding hydrogens is 424 g/mol. The van der Waals surface area contributed by atoms with Gasteiger partial charge in [0.15, 0.2) is 0 Å². The van der Waals surface area contributed by atoms with Gasteiger partial charge in [0.2, 0.25) is 0 Å². The fraction of sp³-hybridized carbons (Fsp3) is 0.852. The Labute approximate surface area is 202 Å². The minimum absolute atomic E-state index is 0.214. The normalized spacial score (nSPS) is 11.2. The smallest absolute Gasteiger partial charge is 0.306 e. The number of hydrogen-bond acceptors (Lipinski definition) is 4. The van der Waals surface area contributed by atoms with E-state index in [1.54, 1.807) is 0 Å². The first-order valence-corrected chi connectivity index (χ1v) is 13.8. The van der Waals surface area contributed by atoms with Crippen molar-refractivity contribution >= 4 is 23.5 Å². The van der Waals surface area contributed by atoms with Gasteiger partial charge in [-0.25, -0.2) is 0 Å². The van der Waals surface area contributed by atoms with E-state index in [9.17, 15) is 9.59 Å². The van der Waals surface area contributed by atoms with Gasteiger partial charge in [0.1, 0.15) is 6.61 Å². The quantitative estimate of drug-likeness (QED) is 0.0613. The number of hydrogen-bond donors (Lipinski definition) is 0. The van der Waals surface area contributed by atoms with Crippen molar-refractivity contribution in [3.8, 4) is 0 Å². The van der Waals surface area contributed by atoms with Crippen molar-refractivity contribution in [3.63, 3.8) is 0 Å². The summed E-state index contributed by atoms with van der Waals surface area (Å²) in [6, 6.07) is 0. The van der Waals surface area contributed by atoms with Gasteiger partial charge in [-0.3, -0.25) is 9.59 Å². The van der Waals surface area contributed by atoms with Crippen molar-refractivity contribution in [2.45, 2.75) is 129 Å². The van der Waals surface area contributed by atoms with Gasteiger partial charge in [0.05, 0.1) is 6.61 Å². The number of esters is 2. The number of halogens is 1. The molecule has 0 bridgehead atoms. The number of allylic oxidation sites excluding steroid dienone is 1. The van der Waals surface area contributed by atoms with Crippen molar-refractivity contribution in [1.82, 2.24) is 0 Å². The van der Waals surface area contributed by atoms with Crippen LogP contribution < -0.4 is 0 Å². The molecule has 0 aromatic heterocycles. The van der Waals surface area contributed by atoms with Crippen molar-refractivity contribution in [2.75, 3.05) is 19.1 Å². The highest BCUT2D eigenvalue weighted by Crippen LogP contribution is 2.10. The fourth-order valence-corrected chi connectivity index (χ4v) is 3.70. The molecule has 0 rings (SSSR count). The second-order valence-corrected chi connectivity index (χ2v) is 9.03.